The van der Waals surface area contributed by atoms with E-state index in [9.17, 15) is 10.1 Å². The Morgan fingerprint density at radius 1 is 1.03 bits per heavy atom. The standard InChI is InChI=1S/C23H18Cl3N3O/c1-12-3-5-14(6-4-12)17(11-27)16-9-13(2)20(10-19(16)25)29-23(30)15-7-8-18(24)21(26)22(15)28/h3-10,17H,28H2,1-2H3,(H,29,30). The predicted octanol–water partition coefficient (Wildman–Crippen LogP) is 6.75. The molecule has 0 heterocycles. The number of nitrogens with zero attached hydrogens (tertiary/aromatic N) is 1. The van der Waals surface area contributed by atoms with E-state index in [1.807, 2.05) is 44.2 Å². The predicted molar refractivity (Wildman–Crippen MR) is 124 cm³/mol. The van der Waals surface area contributed by atoms with Gasteiger partial charge in [-0.25, -0.2) is 0 Å². The van der Waals surface area contributed by atoms with Crippen molar-refractivity contribution in [1.29, 1.82) is 5.26 Å². The molecule has 152 valence electrons. The van der Waals surface area contributed by atoms with Gasteiger partial charge in [-0.05, 0) is 48.7 Å². The fraction of sp³-hybridized carbons (Fsp3) is 0.130. The van der Waals surface area contributed by atoms with Crippen molar-refractivity contribution in [2.75, 3.05) is 11.1 Å². The number of benzene rings is 3. The smallest absolute Gasteiger partial charge is 0.257 e. The van der Waals surface area contributed by atoms with Gasteiger partial charge in [-0.1, -0.05) is 70.7 Å². The maximum atomic E-state index is 12.7. The monoisotopic (exact) mass is 457 g/mol. The quantitative estimate of drug-likeness (QED) is 0.424. The van der Waals surface area contributed by atoms with Gasteiger partial charge in [0.25, 0.3) is 5.91 Å². The molecule has 3 N–H and O–H groups in total. The highest BCUT2D eigenvalue weighted by Crippen LogP contribution is 2.35. The maximum absolute atomic E-state index is 12.7. The average molecular weight is 459 g/mol. The summed E-state index contributed by atoms with van der Waals surface area (Å²) in [4.78, 5) is 12.7. The number of anilines is 2. The van der Waals surface area contributed by atoms with Crippen LogP contribution in [0.4, 0.5) is 11.4 Å². The minimum Gasteiger partial charge on any atom is -0.397 e. The van der Waals surface area contributed by atoms with Crippen molar-refractivity contribution in [3.05, 3.63) is 91.4 Å². The van der Waals surface area contributed by atoms with Gasteiger partial charge in [0.2, 0.25) is 0 Å². The number of nitrogens with two attached hydrogens (primary N) is 1. The molecule has 0 saturated heterocycles. The number of hydrogen-bond acceptors (Lipinski definition) is 3. The number of rotatable bonds is 4. The summed E-state index contributed by atoms with van der Waals surface area (Å²) in [6, 6.07) is 16.5. The van der Waals surface area contributed by atoms with Gasteiger partial charge in [-0.2, -0.15) is 5.26 Å². The van der Waals surface area contributed by atoms with Crippen LogP contribution in [-0.4, -0.2) is 5.91 Å². The molecule has 1 atom stereocenters. The number of nitrogen functional groups attached to an aromatic ring is 1. The molecule has 30 heavy (non-hydrogen) atoms. The zero-order valence-electron chi connectivity index (χ0n) is 16.3. The van der Waals surface area contributed by atoms with E-state index in [0.717, 1.165) is 16.7 Å². The number of nitrogens with one attached hydrogen (secondary N) is 1. The van der Waals surface area contributed by atoms with Gasteiger partial charge in [0.1, 0.15) is 0 Å². The van der Waals surface area contributed by atoms with E-state index >= 15 is 0 Å². The molecule has 1 unspecified atom stereocenters. The lowest BCUT2D eigenvalue weighted by molar-refractivity contribution is 0.102. The second kappa shape index (κ2) is 8.97. The normalized spacial score (nSPS) is 11.6. The van der Waals surface area contributed by atoms with Crippen LogP contribution in [0.25, 0.3) is 0 Å². The zero-order valence-corrected chi connectivity index (χ0v) is 18.5. The second-order valence-electron chi connectivity index (χ2n) is 6.94. The van der Waals surface area contributed by atoms with Crippen molar-refractivity contribution >= 4 is 52.1 Å². The Labute approximate surface area is 190 Å². The van der Waals surface area contributed by atoms with Crippen LogP contribution >= 0.6 is 34.8 Å². The molecule has 0 spiro atoms. The van der Waals surface area contributed by atoms with Crippen molar-refractivity contribution in [1.82, 2.24) is 0 Å². The lowest BCUT2D eigenvalue weighted by atomic mass is 9.90. The third-order valence-electron chi connectivity index (χ3n) is 4.82. The summed E-state index contributed by atoms with van der Waals surface area (Å²) in [6.45, 7) is 3.82. The van der Waals surface area contributed by atoms with Gasteiger partial charge in [0.15, 0.2) is 0 Å². The third kappa shape index (κ3) is 4.39. The molecule has 0 saturated carbocycles. The van der Waals surface area contributed by atoms with Gasteiger partial charge in [0, 0.05) is 10.7 Å². The van der Waals surface area contributed by atoms with Crippen LogP contribution in [0, 0.1) is 25.2 Å². The summed E-state index contributed by atoms with van der Waals surface area (Å²) >= 11 is 18.5. The molecule has 3 rings (SSSR count). The summed E-state index contributed by atoms with van der Waals surface area (Å²) < 4.78 is 0. The molecule has 0 radical (unpaired) electrons. The number of carbonyl (C=O) groups is 1. The second-order valence-corrected chi connectivity index (χ2v) is 8.13. The van der Waals surface area contributed by atoms with Gasteiger partial charge in [-0.15, -0.1) is 0 Å². The van der Waals surface area contributed by atoms with E-state index in [-0.39, 0.29) is 21.3 Å². The first-order chi connectivity index (χ1) is 14.2. The SMILES string of the molecule is Cc1ccc(C(C#N)c2cc(C)c(NC(=O)c3ccc(Cl)c(Cl)c3N)cc2Cl)cc1. The average Bonchev–Trinajstić information content (AvgIpc) is 2.71. The molecule has 3 aromatic rings. The first-order valence-corrected chi connectivity index (χ1v) is 10.2. The molecule has 3 aromatic carbocycles. The largest absolute Gasteiger partial charge is 0.397 e. The van der Waals surface area contributed by atoms with Crippen molar-refractivity contribution < 1.29 is 4.79 Å². The molecule has 0 aromatic heterocycles. The van der Waals surface area contributed by atoms with Crippen LogP contribution in [0.3, 0.4) is 0 Å². The van der Waals surface area contributed by atoms with E-state index in [0.29, 0.717) is 16.3 Å². The molecule has 0 aliphatic rings. The fourth-order valence-corrected chi connectivity index (χ4v) is 3.70. The lowest BCUT2D eigenvalue weighted by Gasteiger charge is -2.17. The summed E-state index contributed by atoms with van der Waals surface area (Å²) in [5, 5.41) is 13.3. The first-order valence-electron chi connectivity index (χ1n) is 9.04. The molecule has 7 heteroatoms. The highest BCUT2D eigenvalue weighted by molar-refractivity contribution is 6.44. The Balaban J connectivity index is 1.93. The third-order valence-corrected chi connectivity index (χ3v) is 5.97. The molecular formula is C23H18Cl3N3O. The molecule has 0 bridgehead atoms. The van der Waals surface area contributed by atoms with Crippen molar-refractivity contribution in [2.45, 2.75) is 19.8 Å². The van der Waals surface area contributed by atoms with E-state index < -0.39 is 11.8 Å². The summed E-state index contributed by atoms with van der Waals surface area (Å²) in [6.07, 6.45) is 0. The molecule has 4 nitrogen and oxygen atoms in total. The van der Waals surface area contributed by atoms with E-state index in [1.165, 1.54) is 12.1 Å². The van der Waals surface area contributed by atoms with Gasteiger partial charge in [-0.3, -0.25) is 4.79 Å². The highest BCUT2D eigenvalue weighted by atomic mass is 35.5. The Morgan fingerprint density at radius 2 is 1.70 bits per heavy atom. The molecular weight excluding hydrogens is 441 g/mol. The maximum Gasteiger partial charge on any atom is 0.257 e. The number of aryl methyl sites for hydroxylation is 2. The Hall–Kier alpha value is -2.71. The minimum atomic E-state index is -0.521. The minimum absolute atomic E-state index is 0.103. The van der Waals surface area contributed by atoms with Gasteiger partial charge >= 0.3 is 0 Å². The van der Waals surface area contributed by atoms with Crippen molar-refractivity contribution in [2.24, 2.45) is 0 Å². The van der Waals surface area contributed by atoms with Crippen LogP contribution < -0.4 is 11.1 Å². The zero-order chi connectivity index (χ0) is 22.0. The number of amides is 1. The first kappa shape index (κ1) is 22.0. The van der Waals surface area contributed by atoms with E-state index in [4.69, 9.17) is 40.5 Å². The van der Waals surface area contributed by atoms with Gasteiger partial charge < -0.3 is 11.1 Å². The van der Waals surface area contributed by atoms with Gasteiger partial charge in [0.05, 0.1) is 33.3 Å². The number of halogens is 3. The fourth-order valence-electron chi connectivity index (χ4n) is 3.10. The number of carbonyl (C=O) groups excluding carboxylic acids is 1. The lowest BCUT2D eigenvalue weighted by Crippen LogP contribution is -2.15. The number of hydrogen-bond donors (Lipinski definition) is 2. The van der Waals surface area contributed by atoms with Crippen LogP contribution in [0.2, 0.25) is 15.1 Å². The molecule has 0 aliphatic carbocycles. The van der Waals surface area contributed by atoms with Crippen LogP contribution in [0.15, 0.2) is 48.5 Å². The number of nitriles is 1. The van der Waals surface area contributed by atoms with Crippen LogP contribution in [0.5, 0.6) is 0 Å². The van der Waals surface area contributed by atoms with E-state index in [1.54, 1.807) is 6.07 Å². The van der Waals surface area contributed by atoms with Crippen molar-refractivity contribution in [3.8, 4) is 6.07 Å². The van der Waals surface area contributed by atoms with Crippen molar-refractivity contribution in [3.63, 3.8) is 0 Å². The summed E-state index contributed by atoms with van der Waals surface area (Å²) in [5.74, 6) is -0.958. The van der Waals surface area contributed by atoms with Crippen LogP contribution in [-0.2, 0) is 0 Å². The Morgan fingerprint density at radius 3 is 2.33 bits per heavy atom. The van der Waals surface area contributed by atoms with E-state index in [2.05, 4.69) is 11.4 Å². The topological polar surface area (TPSA) is 78.9 Å². The Kier molecular flexibility index (Phi) is 6.58. The molecule has 0 aliphatic heterocycles. The molecule has 1 amide bonds. The Bertz CT molecular complexity index is 1170. The molecule has 0 fully saturated rings. The summed E-state index contributed by atoms with van der Waals surface area (Å²) in [5.41, 5.74) is 10.1. The highest BCUT2D eigenvalue weighted by Gasteiger charge is 2.20. The van der Waals surface area contributed by atoms with Crippen LogP contribution in [0.1, 0.15) is 38.5 Å². The summed E-state index contributed by atoms with van der Waals surface area (Å²) in [7, 11) is 0.